The molecule has 0 saturated heterocycles. The molecule has 0 aromatic heterocycles. The predicted octanol–water partition coefficient (Wildman–Crippen LogP) is 2.64. The highest BCUT2D eigenvalue weighted by Crippen LogP contribution is 2.40. The number of benzene rings is 1. The van der Waals surface area contributed by atoms with Crippen molar-refractivity contribution in [2.24, 2.45) is 0 Å². The highest BCUT2D eigenvalue weighted by molar-refractivity contribution is 5.85. The van der Waals surface area contributed by atoms with E-state index >= 15 is 0 Å². The Morgan fingerprint density at radius 2 is 2.21 bits per heavy atom. The molecule has 78 valence electrons. The summed E-state index contributed by atoms with van der Waals surface area (Å²) < 4.78 is 0. The second-order valence-electron chi connectivity index (χ2n) is 3.54. The molecule has 0 heterocycles. The fourth-order valence-electron chi connectivity index (χ4n) is 1.53. The van der Waals surface area contributed by atoms with Gasteiger partial charge in [0.2, 0.25) is 0 Å². The van der Waals surface area contributed by atoms with Gasteiger partial charge in [-0.05, 0) is 29.9 Å². The van der Waals surface area contributed by atoms with E-state index < -0.39 is 0 Å². The Morgan fingerprint density at radius 3 is 2.86 bits per heavy atom. The van der Waals surface area contributed by atoms with Gasteiger partial charge < -0.3 is 4.84 Å². The number of nitrogens with one attached hydrogen (secondary N) is 1. The first-order chi connectivity index (χ1) is 6.40. The molecule has 0 spiro atoms. The van der Waals surface area contributed by atoms with Crippen LogP contribution in [0.25, 0.3) is 0 Å². The summed E-state index contributed by atoms with van der Waals surface area (Å²) in [5, 5.41) is 0. The molecular weight excluding hydrogens is 198 g/mol. The van der Waals surface area contributed by atoms with Crippen LogP contribution >= 0.6 is 12.4 Å². The van der Waals surface area contributed by atoms with Gasteiger partial charge in [0.05, 0.1) is 7.11 Å². The SMILES string of the molecule is CONCc1cccc(C2CC2)c1.Cl. The zero-order chi connectivity index (χ0) is 9.10. The molecule has 1 saturated carbocycles. The van der Waals surface area contributed by atoms with Crippen LogP contribution in [0.5, 0.6) is 0 Å². The van der Waals surface area contributed by atoms with Crippen LogP contribution in [0.2, 0.25) is 0 Å². The molecule has 2 nitrogen and oxygen atoms in total. The number of halogens is 1. The molecule has 3 heteroatoms. The number of hydrogen-bond acceptors (Lipinski definition) is 2. The van der Waals surface area contributed by atoms with Crippen molar-refractivity contribution in [3.8, 4) is 0 Å². The molecule has 1 fully saturated rings. The van der Waals surface area contributed by atoms with Crippen LogP contribution in [0.15, 0.2) is 24.3 Å². The van der Waals surface area contributed by atoms with Crippen LogP contribution < -0.4 is 5.48 Å². The minimum Gasteiger partial charge on any atom is -0.305 e. The van der Waals surface area contributed by atoms with Crippen LogP contribution in [0.3, 0.4) is 0 Å². The number of hydroxylamine groups is 1. The Morgan fingerprint density at radius 1 is 1.43 bits per heavy atom. The first-order valence-electron chi connectivity index (χ1n) is 4.75. The van der Waals surface area contributed by atoms with E-state index in [-0.39, 0.29) is 12.4 Å². The van der Waals surface area contributed by atoms with Gasteiger partial charge in [-0.3, -0.25) is 0 Å². The van der Waals surface area contributed by atoms with Gasteiger partial charge in [-0.1, -0.05) is 24.3 Å². The van der Waals surface area contributed by atoms with E-state index in [1.807, 2.05) is 0 Å². The van der Waals surface area contributed by atoms with Gasteiger partial charge in [-0.2, -0.15) is 5.48 Å². The van der Waals surface area contributed by atoms with E-state index in [9.17, 15) is 0 Å². The van der Waals surface area contributed by atoms with Gasteiger partial charge >= 0.3 is 0 Å². The average molecular weight is 214 g/mol. The Bertz CT molecular complexity index is 286. The summed E-state index contributed by atoms with van der Waals surface area (Å²) in [5.41, 5.74) is 5.63. The summed E-state index contributed by atoms with van der Waals surface area (Å²) in [5.74, 6) is 0.836. The molecule has 0 atom stereocenters. The Kier molecular flexibility index (Phi) is 4.39. The molecule has 2 rings (SSSR count). The fraction of sp³-hybridized carbons (Fsp3) is 0.455. The predicted molar refractivity (Wildman–Crippen MR) is 59.5 cm³/mol. The lowest BCUT2D eigenvalue weighted by Crippen LogP contribution is -2.10. The average Bonchev–Trinajstić information content (AvgIpc) is 2.98. The molecule has 1 aromatic rings. The molecule has 14 heavy (non-hydrogen) atoms. The van der Waals surface area contributed by atoms with Crippen molar-refractivity contribution in [3.63, 3.8) is 0 Å². The quantitative estimate of drug-likeness (QED) is 0.777. The Balaban J connectivity index is 0.000000980. The van der Waals surface area contributed by atoms with E-state index in [4.69, 9.17) is 4.84 Å². The highest BCUT2D eigenvalue weighted by atomic mass is 35.5. The van der Waals surface area contributed by atoms with Crippen LogP contribution in [-0.2, 0) is 11.4 Å². The number of rotatable bonds is 4. The minimum absolute atomic E-state index is 0. The summed E-state index contributed by atoms with van der Waals surface area (Å²) >= 11 is 0. The second kappa shape index (κ2) is 5.35. The molecule has 1 aromatic carbocycles. The lowest BCUT2D eigenvalue weighted by Gasteiger charge is -2.04. The molecular formula is C11H16ClNO. The van der Waals surface area contributed by atoms with E-state index in [0.29, 0.717) is 0 Å². The van der Waals surface area contributed by atoms with Crippen LogP contribution in [0.4, 0.5) is 0 Å². The largest absolute Gasteiger partial charge is 0.305 e. The Labute approximate surface area is 91.0 Å². The minimum atomic E-state index is 0. The third kappa shape index (κ3) is 2.98. The second-order valence-corrected chi connectivity index (χ2v) is 3.54. The van der Waals surface area contributed by atoms with E-state index in [2.05, 4.69) is 29.7 Å². The zero-order valence-electron chi connectivity index (χ0n) is 8.32. The maximum absolute atomic E-state index is 4.81. The van der Waals surface area contributed by atoms with Gasteiger partial charge in [-0.15, -0.1) is 12.4 Å². The van der Waals surface area contributed by atoms with E-state index in [1.165, 1.54) is 24.0 Å². The fourth-order valence-corrected chi connectivity index (χ4v) is 1.53. The summed E-state index contributed by atoms with van der Waals surface area (Å²) in [4.78, 5) is 4.81. The first kappa shape index (κ1) is 11.5. The van der Waals surface area contributed by atoms with E-state index in [1.54, 1.807) is 7.11 Å². The molecule has 0 aliphatic heterocycles. The van der Waals surface area contributed by atoms with Crippen molar-refractivity contribution < 1.29 is 4.84 Å². The monoisotopic (exact) mass is 213 g/mol. The van der Waals surface area contributed by atoms with Crippen molar-refractivity contribution in [2.75, 3.05) is 7.11 Å². The normalized spacial score (nSPS) is 14.9. The third-order valence-electron chi connectivity index (χ3n) is 2.42. The molecule has 1 N–H and O–H groups in total. The van der Waals surface area contributed by atoms with Crippen molar-refractivity contribution in [2.45, 2.75) is 25.3 Å². The summed E-state index contributed by atoms with van der Waals surface area (Å²) in [6, 6.07) is 8.73. The van der Waals surface area contributed by atoms with Crippen molar-refractivity contribution >= 4 is 12.4 Å². The lowest BCUT2D eigenvalue weighted by atomic mass is 10.1. The van der Waals surface area contributed by atoms with Crippen molar-refractivity contribution in [1.82, 2.24) is 5.48 Å². The van der Waals surface area contributed by atoms with Crippen LogP contribution in [-0.4, -0.2) is 7.11 Å². The molecule has 1 aliphatic carbocycles. The van der Waals surface area contributed by atoms with Crippen LogP contribution in [0, 0.1) is 0 Å². The Hall–Kier alpha value is -0.570. The topological polar surface area (TPSA) is 21.3 Å². The van der Waals surface area contributed by atoms with Crippen molar-refractivity contribution in [3.05, 3.63) is 35.4 Å². The van der Waals surface area contributed by atoms with Gasteiger partial charge in [0.1, 0.15) is 0 Å². The summed E-state index contributed by atoms with van der Waals surface area (Å²) in [7, 11) is 1.64. The van der Waals surface area contributed by atoms with Gasteiger partial charge in [0.15, 0.2) is 0 Å². The third-order valence-corrected chi connectivity index (χ3v) is 2.42. The maximum atomic E-state index is 4.81. The zero-order valence-corrected chi connectivity index (χ0v) is 9.14. The summed E-state index contributed by atoms with van der Waals surface area (Å²) in [6.45, 7) is 0.789. The highest BCUT2D eigenvalue weighted by Gasteiger charge is 2.23. The molecule has 0 radical (unpaired) electrons. The molecule has 1 aliphatic rings. The molecule has 0 bridgehead atoms. The standard InChI is InChI=1S/C11H15NO.ClH/c1-13-12-8-9-3-2-4-11(7-9)10-5-6-10;/h2-4,7,10,12H,5-6,8H2,1H3;1H. The molecule has 0 unspecified atom stereocenters. The van der Waals surface area contributed by atoms with E-state index in [0.717, 1.165) is 12.5 Å². The number of hydrogen-bond donors (Lipinski definition) is 1. The lowest BCUT2D eigenvalue weighted by molar-refractivity contribution is 0.0867. The summed E-state index contributed by atoms with van der Waals surface area (Å²) in [6.07, 6.45) is 2.72. The van der Waals surface area contributed by atoms with Gasteiger partial charge in [0, 0.05) is 6.54 Å². The first-order valence-corrected chi connectivity index (χ1v) is 4.75. The van der Waals surface area contributed by atoms with Crippen LogP contribution in [0.1, 0.15) is 29.9 Å². The molecule has 0 amide bonds. The van der Waals surface area contributed by atoms with Crippen molar-refractivity contribution in [1.29, 1.82) is 0 Å². The smallest absolute Gasteiger partial charge is 0.0572 e. The van der Waals surface area contributed by atoms with Gasteiger partial charge in [-0.25, -0.2) is 0 Å². The maximum Gasteiger partial charge on any atom is 0.0572 e. The van der Waals surface area contributed by atoms with Gasteiger partial charge in [0.25, 0.3) is 0 Å².